The van der Waals surface area contributed by atoms with Gasteiger partial charge < -0.3 is 24.4 Å². The summed E-state index contributed by atoms with van der Waals surface area (Å²) in [5.74, 6) is 0. The van der Waals surface area contributed by atoms with Gasteiger partial charge in [0.1, 0.15) is 18.3 Å². The van der Waals surface area contributed by atoms with Crippen molar-refractivity contribution in [3.63, 3.8) is 0 Å². The summed E-state index contributed by atoms with van der Waals surface area (Å²) in [6.45, 7) is 2.52. The zero-order valence-corrected chi connectivity index (χ0v) is 14.2. The molecule has 0 amide bonds. The molecule has 0 unspecified atom stereocenters. The van der Waals surface area contributed by atoms with Gasteiger partial charge in [0.25, 0.3) is 0 Å². The number of aliphatic hydroxyl groups excluding tert-OH is 2. The Morgan fingerprint density at radius 1 is 0.800 bits per heavy atom. The third kappa shape index (κ3) is 4.66. The standard InChI is InChI=1S/C20H24O5/c1-14-18(23-12-15-8-4-2-5-9-15)19(17(21)20(22)25-14)24-13-16-10-6-3-7-11-16/h2-11,14,17-22H,12-13H2,1H3/t14-,17+,18-,19-,20-/m0/s1. The number of rotatable bonds is 6. The molecular formula is C20H24O5. The van der Waals surface area contributed by atoms with E-state index in [0.29, 0.717) is 13.2 Å². The summed E-state index contributed by atoms with van der Waals surface area (Å²) in [5, 5.41) is 20.2. The molecule has 0 aromatic heterocycles. The van der Waals surface area contributed by atoms with E-state index in [0.717, 1.165) is 11.1 Å². The van der Waals surface area contributed by atoms with Crippen LogP contribution in [0.4, 0.5) is 0 Å². The maximum atomic E-state index is 10.3. The van der Waals surface area contributed by atoms with Crippen LogP contribution in [-0.2, 0) is 27.4 Å². The molecule has 2 N–H and O–H groups in total. The van der Waals surface area contributed by atoms with Gasteiger partial charge in [-0.25, -0.2) is 0 Å². The number of ether oxygens (including phenoxy) is 3. The highest BCUT2D eigenvalue weighted by molar-refractivity contribution is 5.14. The van der Waals surface area contributed by atoms with Crippen LogP contribution >= 0.6 is 0 Å². The van der Waals surface area contributed by atoms with Crippen LogP contribution in [0.3, 0.4) is 0 Å². The van der Waals surface area contributed by atoms with E-state index in [4.69, 9.17) is 14.2 Å². The summed E-state index contributed by atoms with van der Waals surface area (Å²) in [7, 11) is 0. The second-order valence-electron chi connectivity index (χ2n) is 6.24. The molecule has 1 saturated heterocycles. The van der Waals surface area contributed by atoms with Gasteiger partial charge >= 0.3 is 0 Å². The van der Waals surface area contributed by atoms with Gasteiger partial charge in [-0.15, -0.1) is 0 Å². The van der Waals surface area contributed by atoms with E-state index < -0.39 is 30.7 Å². The van der Waals surface area contributed by atoms with E-state index in [2.05, 4.69) is 0 Å². The smallest absolute Gasteiger partial charge is 0.183 e. The number of hydrogen-bond donors (Lipinski definition) is 2. The highest BCUT2D eigenvalue weighted by atomic mass is 16.7. The Balaban J connectivity index is 1.67. The van der Waals surface area contributed by atoms with E-state index >= 15 is 0 Å². The first-order valence-electron chi connectivity index (χ1n) is 8.48. The molecule has 5 heteroatoms. The lowest BCUT2D eigenvalue weighted by molar-refractivity contribution is -0.297. The maximum absolute atomic E-state index is 10.3. The van der Waals surface area contributed by atoms with Crippen LogP contribution in [0.5, 0.6) is 0 Å². The Labute approximate surface area is 147 Å². The van der Waals surface area contributed by atoms with Crippen LogP contribution in [0.25, 0.3) is 0 Å². The fourth-order valence-electron chi connectivity index (χ4n) is 2.96. The highest BCUT2D eigenvalue weighted by Crippen LogP contribution is 2.26. The van der Waals surface area contributed by atoms with Crippen molar-refractivity contribution in [2.75, 3.05) is 0 Å². The van der Waals surface area contributed by atoms with Gasteiger partial charge in [0.2, 0.25) is 0 Å². The number of benzene rings is 2. The number of aliphatic hydroxyl groups is 2. The van der Waals surface area contributed by atoms with Crippen molar-refractivity contribution in [3.8, 4) is 0 Å². The SMILES string of the molecule is C[C@@H]1O[C@H](O)[C@H](O)[C@H](OCc2ccccc2)[C@H]1OCc1ccccc1. The number of hydrogen-bond acceptors (Lipinski definition) is 5. The van der Waals surface area contributed by atoms with E-state index in [-0.39, 0.29) is 0 Å². The monoisotopic (exact) mass is 344 g/mol. The molecule has 3 rings (SSSR count). The fourth-order valence-corrected chi connectivity index (χ4v) is 2.96. The second-order valence-corrected chi connectivity index (χ2v) is 6.24. The third-order valence-corrected chi connectivity index (χ3v) is 4.34. The minimum atomic E-state index is -1.28. The summed E-state index contributed by atoms with van der Waals surface area (Å²) in [6, 6.07) is 19.5. The molecule has 1 aliphatic rings. The molecule has 5 atom stereocenters. The van der Waals surface area contributed by atoms with Gasteiger partial charge in [0.15, 0.2) is 6.29 Å². The highest BCUT2D eigenvalue weighted by Gasteiger charge is 2.44. The molecule has 0 bridgehead atoms. The largest absolute Gasteiger partial charge is 0.385 e. The van der Waals surface area contributed by atoms with Gasteiger partial charge in [-0.1, -0.05) is 60.7 Å². The van der Waals surface area contributed by atoms with Crippen molar-refractivity contribution in [3.05, 3.63) is 71.8 Å². The van der Waals surface area contributed by atoms with Crippen LogP contribution in [0, 0.1) is 0 Å². The normalized spacial score (nSPS) is 29.5. The molecule has 5 nitrogen and oxygen atoms in total. The molecule has 0 radical (unpaired) electrons. The lowest BCUT2D eigenvalue weighted by atomic mass is 9.99. The molecule has 1 aliphatic heterocycles. The summed E-state index contributed by atoms with van der Waals surface area (Å²) in [4.78, 5) is 0. The fraction of sp³-hybridized carbons (Fsp3) is 0.400. The average Bonchev–Trinajstić information content (AvgIpc) is 2.64. The van der Waals surface area contributed by atoms with Crippen molar-refractivity contribution in [2.24, 2.45) is 0 Å². The first kappa shape index (κ1) is 18.0. The first-order chi connectivity index (χ1) is 12.1. The van der Waals surface area contributed by atoms with Gasteiger partial charge in [-0.2, -0.15) is 0 Å². The summed E-state index contributed by atoms with van der Waals surface area (Å²) in [5.41, 5.74) is 2.02. The Morgan fingerprint density at radius 3 is 1.80 bits per heavy atom. The van der Waals surface area contributed by atoms with Crippen LogP contribution in [-0.4, -0.2) is 40.9 Å². The van der Waals surface area contributed by atoms with E-state index in [1.807, 2.05) is 67.6 Å². The quantitative estimate of drug-likeness (QED) is 0.841. The Kier molecular flexibility index (Phi) is 6.18. The molecule has 0 saturated carbocycles. The first-order valence-corrected chi connectivity index (χ1v) is 8.48. The van der Waals surface area contributed by atoms with E-state index in [9.17, 15) is 10.2 Å². The topological polar surface area (TPSA) is 68.2 Å². The predicted octanol–water partition coefficient (Wildman–Crippen LogP) is 2.26. The van der Waals surface area contributed by atoms with Crippen LogP contribution in [0.1, 0.15) is 18.1 Å². The van der Waals surface area contributed by atoms with Crippen molar-refractivity contribution in [2.45, 2.75) is 50.8 Å². The Morgan fingerprint density at radius 2 is 1.28 bits per heavy atom. The molecule has 25 heavy (non-hydrogen) atoms. The molecule has 2 aromatic rings. The molecule has 2 aromatic carbocycles. The van der Waals surface area contributed by atoms with Gasteiger partial charge in [0.05, 0.1) is 19.3 Å². The lowest BCUT2D eigenvalue weighted by Gasteiger charge is -2.41. The van der Waals surface area contributed by atoms with Crippen molar-refractivity contribution >= 4 is 0 Å². The maximum Gasteiger partial charge on any atom is 0.183 e. The molecule has 134 valence electrons. The molecule has 0 aliphatic carbocycles. The average molecular weight is 344 g/mol. The van der Waals surface area contributed by atoms with Crippen LogP contribution in [0.15, 0.2) is 60.7 Å². The van der Waals surface area contributed by atoms with Crippen molar-refractivity contribution in [1.82, 2.24) is 0 Å². The minimum absolute atomic E-state index is 0.327. The molecule has 1 fully saturated rings. The van der Waals surface area contributed by atoms with Gasteiger partial charge in [-0.3, -0.25) is 0 Å². The lowest BCUT2D eigenvalue weighted by Crippen LogP contribution is -2.58. The second kappa shape index (κ2) is 8.56. The predicted molar refractivity (Wildman–Crippen MR) is 92.6 cm³/mol. The Bertz CT molecular complexity index is 633. The van der Waals surface area contributed by atoms with E-state index in [1.165, 1.54) is 0 Å². The zero-order chi connectivity index (χ0) is 17.6. The van der Waals surface area contributed by atoms with Gasteiger partial charge in [-0.05, 0) is 18.1 Å². The van der Waals surface area contributed by atoms with Gasteiger partial charge in [0, 0.05) is 0 Å². The van der Waals surface area contributed by atoms with Crippen LogP contribution < -0.4 is 0 Å². The molecular weight excluding hydrogens is 320 g/mol. The van der Waals surface area contributed by atoms with E-state index in [1.54, 1.807) is 0 Å². The zero-order valence-electron chi connectivity index (χ0n) is 14.2. The summed E-state index contributed by atoms with van der Waals surface area (Å²) in [6.07, 6.45) is -4.01. The molecule has 1 heterocycles. The van der Waals surface area contributed by atoms with Crippen molar-refractivity contribution in [1.29, 1.82) is 0 Å². The van der Waals surface area contributed by atoms with Crippen LogP contribution in [0.2, 0.25) is 0 Å². The summed E-state index contributed by atoms with van der Waals surface area (Å²) < 4.78 is 17.3. The minimum Gasteiger partial charge on any atom is -0.385 e. The third-order valence-electron chi connectivity index (χ3n) is 4.34. The Hall–Kier alpha value is -1.76. The molecule has 0 spiro atoms. The van der Waals surface area contributed by atoms with Crippen molar-refractivity contribution < 1.29 is 24.4 Å². The summed E-state index contributed by atoms with van der Waals surface area (Å²) >= 11 is 0.